The van der Waals surface area contributed by atoms with E-state index >= 15 is 0 Å². The van der Waals surface area contributed by atoms with Gasteiger partial charge in [-0.25, -0.2) is 14.4 Å². The topological polar surface area (TPSA) is 78.9 Å². The van der Waals surface area contributed by atoms with Crippen LogP contribution in [-0.2, 0) is 19.0 Å². The average molecular weight is 354 g/mol. The molecule has 0 radical (unpaired) electrons. The second-order valence-corrected chi connectivity index (χ2v) is 5.95. The summed E-state index contributed by atoms with van der Waals surface area (Å²) in [6, 6.07) is 16.9. The zero-order valence-electron chi connectivity index (χ0n) is 14.2. The Hall–Kier alpha value is -3.15. The van der Waals surface area contributed by atoms with Gasteiger partial charge < -0.3 is 14.2 Å². The molecule has 0 spiro atoms. The van der Waals surface area contributed by atoms with Crippen molar-refractivity contribution < 1.29 is 28.6 Å². The number of cyclic esters (lactones) is 1. The Morgan fingerprint density at radius 1 is 0.885 bits per heavy atom. The highest BCUT2D eigenvalue weighted by Crippen LogP contribution is 2.23. The first-order chi connectivity index (χ1) is 12.5. The summed E-state index contributed by atoms with van der Waals surface area (Å²) in [5.41, 5.74) is 0.728. The van der Waals surface area contributed by atoms with Gasteiger partial charge in [0.15, 0.2) is 0 Å². The highest BCUT2D eigenvalue weighted by molar-refractivity contribution is 5.92. The van der Waals surface area contributed by atoms with Gasteiger partial charge in [-0.1, -0.05) is 36.4 Å². The average Bonchev–Trinajstić information content (AvgIpc) is 2.66. The van der Waals surface area contributed by atoms with Crippen molar-refractivity contribution in [2.24, 2.45) is 0 Å². The molecule has 0 amide bonds. The van der Waals surface area contributed by atoms with Crippen LogP contribution < -0.4 is 0 Å². The van der Waals surface area contributed by atoms with Crippen molar-refractivity contribution in [3.8, 4) is 0 Å². The molecule has 0 saturated carbocycles. The number of benzene rings is 2. The van der Waals surface area contributed by atoms with E-state index in [2.05, 4.69) is 0 Å². The van der Waals surface area contributed by atoms with E-state index in [0.717, 1.165) is 0 Å². The highest BCUT2D eigenvalue weighted by Gasteiger charge is 2.40. The normalized spacial score (nSPS) is 22.2. The number of carbonyl (C=O) groups excluding carboxylic acids is 3. The number of hydrogen-bond donors (Lipinski definition) is 0. The molecule has 2 aromatic carbocycles. The molecule has 1 fully saturated rings. The fraction of sp³-hybridized carbons (Fsp3) is 0.250. The lowest BCUT2D eigenvalue weighted by molar-refractivity contribution is -0.178. The number of ether oxygens (including phenoxy) is 3. The first-order valence-corrected chi connectivity index (χ1v) is 8.27. The molecule has 0 aliphatic carbocycles. The maximum atomic E-state index is 12.2. The van der Waals surface area contributed by atoms with Gasteiger partial charge in [0.05, 0.1) is 11.1 Å². The van der Waals surface area contributed by atoms with E-state index in [1.54, 1.807) is 67.6 Å². The zero-order chi connectivity index (χ0) is 18.5. The van der Waals surface area contributed by atoms with Gasteiger partial charge in [-0.15, -0.1) is 0 Å². The van der Waals surface area contributed by atoms with Gasteiger partial charge in [-0.05, 0) is 31.2 Å². The van der Waals surface area contributed by atoms with Gasteiger partial charge in [-0.2, -0.15) is 0 Å². The van der Waals surface area contributed by atoms with Crippen LogP contribution in [0.15, 0.2) is 60.7 Å². The molecule has 0 N–H and O–H groups in total. The third-order valence-electron chi connectivity index (χ3n) is 4.06. The van der Waals surface area contributed by atoms with Crippen LogP contribution in [0.25, 0.3) is 0 Å². The molecule has 0 bridgehead atoms. The van der Waals surface area contributed by atoms with E-state index in [1.165, 1.54) is 0 Å². The van der Waals surface area contributed by atoms with Crippen molar-refractivity contribution in [3.05, 3.63) is 71.8 Å². The Bertz CT molecular complexity index is 786. The van der Waals surface area contributed by atoms with Crippen molar-refractivity contribution in [1.29, 1.82) is 0 Å². The molecule has 1 aliphatic rings. The number of carbonyl (C=O) groups is 3. The summed E-state index contributed by atoms with van der Waals surface area (Å²) in [6.45, 7) is 1.63. The van der Waals surface area contributed by atoms with Gasteiger partial charge in [0.2, 0.25) is 6.10 Å². The lowest BCUT2D eigenvalue weighted by Gasteiger charge is -2.32. The lowest BCUT2D eigenvalue weighted by atomic mass is 10.0. The van der Waals surface area contributed by atoms with Crippen molar-refractivity contribution in [1.82, 2.24) is 0 Å². The minimum Gasteiger partial charge on any atom is -0.456 e. The van der Waals surface area contributed by atoms with Crippen molar-refractivity contribution in [2.75, 3.05) is 0 Å². The minimum atomic E-state index is -1.12. The van der Waals surface area contributed by atoms with Crippen LogP contribution in [0.3, 0.4) is 0 Å². The monoisotopic (exact) mass is 354 g/mol. The predicted molar refractivity (Wildman–Crippen MR) is 91.5 cm³/mol. The van der Waals surface area contributed by atoms with E-state index in [9.17, 15) is 14.4 Å². The summed E-state index contributed by atoms with van der Waals surface area (Å²) in [5.74, 6) is -1.79. The molecule has 0 aromatic heterocycles. The van der Waals surface area contributed by atoms with E-state index in [-0.39, 0.29) is 6.42 Å². The summed E-state index contributed by atoms with van der Waals surface area (Å²) < 4.78 is 15.9. The molecule has 2 aromatic rings. The van der Waals surface area contributed by atoms with Crippen LogP contribution in [0.4, 0.5) is 0 Å². The van der Waals surface area contributed by atoms with Crippen molar-refractivity contribution in [2.45, 2.75) is 31.7 Å². The summed E-state index contributed by atoms with van der Waals surface area (Å²) >= 11 is 0. The lowest BCUT2D eigenvalue weighted by Crippen LogP contribution is -2.47. The smallest absolute Gasteiger partial charge is 0.348 e. The number of hydrogen-bond acceptors (Lipinski definition) is 6. The van der Waals surface area contributed by atoms with Crippen LogP contribution in [-0.4, -0.2) is 36.2 Å². The molecule has 6 nitrogen and oxygen atoms in total. The predicted octanol–water partition coefficient (Wildman–Crippen LogP) is 2.77. The second-order valence-electron chi connectivity index (χ2n) is 5.95. The molecule has 1 unspecified atom stereocenters. The molecule has 1 heterocycles. The van der Waals surface area contributed by atoms with Crippen LogP contribution in [0.2, 0.25) is 0 Å². The fourth-order valence-electron chi connectivity index (χ4n) is 2.63. The van der Waals surface area contributed by atoms with Gasteiger partial charge >= 0.3 is 17.9 Å². The van der Waals surface area contributed by atoms with Crippen molar-refractivity contribution in [3.63, 3.8) is 0 Å². The molecule has 1 saturated heterocycles. The Labute approximate surface area is 150 Å². The first kappa shape index (κ1) is 17.7. The van der Waals surface area contributed by atoms with Crippen LogP contribution in [0, 0.1) is 0 Å². The minimum absolute atomic E-state index is 0.0527. The van der Waals surface area contributed by atoms with E-state index in [4.69, 9.17) is 14.2 Å². The van der Waals surface area contributed by atoms with E-state index < -0.39 is 36.2 Å². The number of rotatable bonds is 4. The van der Waals surface area contributed by atoms with Crippen LogP contribution in [0.1, 0.15) is 34.1 Å². The molecule has 3 rings (SSSR count). The molecule has 1 aliphatic heterocycles. The van der Waals surface area contributed by atoms with Crippen molar-refractivity contribution >= 4 is 17.9 Å². The van der Waals surface area contributed by atoms with Gasteiger partial charge in [0.1, 0.15) is 12.2 Å². The quantitative estimate of drug-likeness (QED) is 0.620. The third-order valence-corrected chi connectivity index (χ3v) is 4.06. The zero-order valence-corrected chi connectivity index (χ0v) is 14.2. The Morgan fingerprint density at radius 2 is 1.38 bits per heavy atom. The maximum absolute atomic E-state index is 12.2. The first-order valence-electron chi connectivity index (χ1n) is 8.27. The standard InChI is InChI=1S/C20H18O6/c1-13-16(25-18(21)14-8-4-2-5-9-14)12-17(20(23)24-13)26-19(22)15-10-6-3-7-11-15/h2-11,13,16-17H,12H2,1H3/t13?,16-,17+/m1/s1. The summed E-state index contributed by atoms with van der Waals surface area (Å²) in [5, 5.41) is 0. The highest BCUT2D eigenvalue weighted by atomic mass is 16.6. The SMILES string of the molecule is CC1OC(=O)[C@@H](OC(=O)c2ccccc2)C[C@H]1OC(=O)c1ccccc1. The van der Waals surface area contributed by atoms with E-state index in [1.807, 2.05) is 0 Å². The van der Waals surface area contributed by atoms with Crippen LogP contribution >= 0.6 is 0 Å². The Kier molecular flexibility index (Phi) is 5.31. The van der Waals surface area contributed by atoms with E-state index in [0.29, 0.717) is 11.1 Å². The molecule has 3 atom stereocenters. The summed E-state index contributed by atoms with van der Waals surface area (Å²) in [6.07, 6.45) is -2.39. The Balaban J connectivity index is 1.66. The summed E-state index contributed by atoms with van der Waals surface area (Å²) in [7, 11) is 0. The number of esters is 3. The van der Waals surface area contributed by atoms with Crippen LogP contribution in [0.5, 0.6) is 0 Å². The van der Waals surface area contributed by atoms with Gasteiger partial charge in [0, 0.05) is 6.42 Å². The maximum Gasteiger partial charge on any atom is 0.348 e. The Morgan fingerprint density at radius 3 is 1.92 bits per heavy atom. The molecule has 6 heteroatoms. The summed E-state index contributed by atoms with van der Waals surface area (Å²) in [4.78, 5) is 36.4. The third kappa shape index (κ3) is 4.08. The van der Waals surface area contributed by atoms with Gasteiger partial charge in [-0.3, -0.25) is 0 Å². The molecule has 26 heavy (non-hydrogen) atoms. The van der Waals surface area contributed by atoms with Gasteiger partial charge in [0.25, 0.3) is 0 Å². The molecular weight excluding hydrogens is 336 g/mol. The molecule has 134 valence electrons. The fourth-order valence-corrected chi connectivity index (χ4v) is 2.63. The largest absolute Gasteiger partial charge is 0.456 e. The second kappa shape index (κ2) is 7.82. The molecular formula is C20H18O6.